The Morgan fingerprint density at radius 3 is 2.52 bits per heavy atom. The second-order valence-corrected chi connectivity index (χ2v) is 7.57. The predicted molar refractivity (Wildman–Crippen MR) is 93.9 cm³/mol. The van der Waals surface area contributed by atoms with E-state index in [0.29, 0.717) is 18.8 Å². The van der Waals surface area contributed by atoms with Crippen LogP contribution in [0, 0.1) is 5.21 Å². The van der Waals surface area contributed by atoms with Gasteiger partial charge in [0.2, 0.25) is 9.84 Å². The number of hydrogen-bond donors (Lipinski definition) is 0. The number of anilines is 2. The van der Waals surface area contributed by atoms with Gasteiger partial charge >= 0.3 is 0 Å². The summed E-state index contributed by atoms with van der Waals surface area (Å²) in [4.78, 5) is 16.0. The summed E-state index contributed by atoms with van der Waals surface area (Å²) in [5.41, 5.74) is -0.684. The van der Waals surface area contributed by atoms with Crippen LogP contribution in [0.1, 0.15) is 13.8 Å². The van der Waals surface area contributed by atoms with Gasteiger partial charge in [0.15, 0.2) is 0 Å². The number of hydrogen-bond acceptors (Lipinski definition) is 7. The molecule has 0 unspecified atom stereocenters. The Kier molecular flexibility index (Phi) is 4.53. The molecule has 0 spiro atoms. The standard InChI is InChI=1S/C16H19N4O4S/c1-3-18(4-2)9-10-19-12-7-5-6-8-13(12)25(23,24)14-11-17-20(22)16(21)15(14)19/h5-8,11H,3-4,9-10H2,1-2H3/q-1. The van der Waals surface area contributed by atoms with E-state index >= 15 is 0 Å². The van der Waals surface area contributed by atoms with Crippen LogP contribution in [0.25, 0.3) is 0 Å². The van der Waals surface area contributed by atoms with Crippen molar-refractivity contribution in [3.05, 3.63) is 46.0 Å². The first-order valence-corrected chi connectivity index (χ1v) is 9.54. The number of nitrogens with zero attached hydrogens (tertiary/aromatic N) is 4. The molecule has 9 heteroatoms. The van der Waals surface area contributed by atoms with E-state index in [1.165, 1.54) is 6.07 Å². The van der Waals surface area contributed by atoms with Crippen LogP contribution < -0.4 is 10.5 Å². The molecule has 1 aliphatic heterocycles. The molecule has 0 N–H and O–H groups in total. The molecule has 0 fully saturated rings. The molecule has 0 radical (unpaired) electrons. The van der Waals surface area contributed by atoms with Gasteiger partial charge in [-0.3, -0.25) is 9.64 Å². The molecule has 0 atom stereocenters. The van der Waals surface area contributed by atoms with E-state index in [9.17, 15) is 18.4 Å². The van der Waals surface area contributed by atoms with Gasteiger partial charge in [-0.05, 0) is 25.2 Å². The number of aromatic nitrogens is 2. The highest BCUT2D eigenvalue weighted by Crippen LogP contribution is 2.41. The second kappa shape index (κ2) is 6.49. The third kappa shape index (κ3) is 2.79. The first kappa shape index (κ1) is 17.4. The summed E-state index contributed by atoms with van der Waals surface area (Å²) in [6.45, 7) is 6.74. The Morgan fingerprint density at radius 2 is 1.84 bits per heavy atom. The van der Waals surface area contributed by atoms with Gasteiger partial charge in [0.05, 0.1) is 16.8 Å². The van der Waals surface area contributed by atoms with Crippen LogP contribution >= 0.6 is 0 Å². The zero-order valence-electron chi connectivity index (χ0n) is 14.0. The molecule has 134 valence electrons. The maximum atomic E-state index is 12.8. The zero-order valence-corrected chi connectivity index (χ0v) is 14.9. The minimum atomic E-state index is -3.89. The van der Waals surface area contributed by atoms with Crippen molar-refractivity contribution in [3.8, 4) is 0 Å². The minimum Gasteiger partial charge on any atom is -0.788 e. The van der Waals surface area contributed by atoms with E-state index in [0.717, 1.165) is 19.3 Å². The Hall–Kier alpha value is -2.39. The van der Waals surface area contributed by atoms with E-state index in [4.69, 9.17) is 0 Å². The molecule has 0 bridgehead atoms. The van der Waals surface area contributed by atoms with Gasteiger partial charge in [0.25, 0.3) is 5.56 Å². The first-order valence-electron chi connectivity index (χ1n) is 8.05. The average Bonchev–Trinajstić information content (AvgIpc) is 2.61. The molecule has 25 heavy (non-hydrogen) atoms. The first-order chi connectivity index (χ1) is 11.9. The van der Waals surface area contributed by atoms with Crippen LogP contribution in [0.15, 0.2) is 45.0 Å². The summed E-state index contributed by atoms with van der Waals surface area (Å²) in [6, 6.07) is 6.49. The second-order valence-electron chi connectivity index (χ2n) is 5.69. The Bertz CT molecular complexity index is 951. The fourth-order valence-corrected chi connectivity index (χ4v) is 4.61. The van der Waals surface area contributed by atoms with Crippen molar-refractivity contribution in [3.63, 3.8) is 0 Å². The lowest BCUT2D eigenvalue weighted by Gasteiger charge is -2.34. The van der Waals surface area contributed by atoms with Gasteiger partial charge in [-0.1, -0.05) is 26.0 Å². The van der Waals surface area contributed by atoms with Gasteiger partial charge in [0.1, 0.15) is 10.6 Å². The third-order valence-electron chi connectivity index (χ3n) is 4.43. The molecule has 1 aliphatic rings. The number of para-hydroxylation sites is 1. The molecule has 1 aromatic carbocycles. The summed E-state index contributed by atoms with van der Waals surface area (Å²) >= 11 is 0. The lowest BCUT2D eigenvalue weighted by molar-refractivity contribution is 0.312. The fraction of sp³-hybridized carbons (Fsp3) is 0.375. The molecule has 2 heterocycles. The molecule has 1 aromatic heterocycles. The highest BCUT2D eigenvalue weighted by atomic mass is 32.2. The predicted octanol–water partition coefficient (Wildman–Crippen LogP) is 1.22. The normalized spacial score (nSPS) is 15.1. The van der Waals surface area contributed by atoms with Crippen LogP contribution in [0.5, 0.6) is 0 Å². The average molecular weight is 363 g/mol. The summed E-state index contributed by atoms with van der Waals surface area (Å²) in [7, 11) is -3.89. The largest absolute Gasteiger partial charge is 0.788 e. The van der Waals surface area contributed by atoms with E-state index in [2.05, 4.69) is 10.00 Å². The van der Waals surface area contributed by atoms with Gasteiger partial charge in [0, 0.05) is 13.1 Å². The van der Waals surface area contributed by atoms with Crippen LogP contribution in [-0.2, 0) is 9.84 Å². The van der Waals surface area contributed by atoms with Crippen molar-refractivity contribution in [1.29, 1.82) is 0 Å². The Labute approximate surface area is 145 Å². The molecule has 0 saturated carbocycles. The summed E-state index contributed by atoms with van der Waals surface area (Å²) < 4.78 is 25.7. The molecule has 0 amide bonds. The quantitative estimate of drug-likeness (QED) is 0.787. The van der Waals surface area contributed by atoms with Crippen LogP contribution in [-0.4, -0.2) is 49.4 Å². The minimum absolute atomic E-state index is 0.0767. The van der Waals surface area contributed by atoms with Crippen molar-refractivity contribution in [2.24, 2.45) is 0 Å². The molecular weight excluding hydrogens is 344 g/mol. The molecule has 0 saturated heterocycles. The van der Waals surface area contributed by atoms with Crippen molar-refractivity contribution in [1.82, 2.24) is 14.8 Å². The van der Waals surface area contributed by atoms with Crippen molar-refractivity contribution in [2.75, 3.05) is 31.1 Å². The van der Waals surface area contributed by atoms with Gasteiger partial charge in [-0.15, -0.1) is 0 Å². The third-order valence-corrected chi connectivity index (χ3v) is 6.23. The summed E-state index contributed by atoms with van der Waals surface area (Å²) in [5, 5.41) is 15.0. The Balaban J connectivity index is 2.19. The fourth-order valence-electron chi connectivity index (χ4n) is 3.02. The molecule has 0 aliphatic carbocycles. The lowest BCUT2D eigenvalue weighted by Crippen LogP contribution is -2.39. The maximum Gasteiger partial charge on any atom is 0.287 e. The number of likely N-dealkylation sites (N-methyl/N-ethyl adjacent to an activating group) is 1. The van der Waals surface area contributed by atoms with E-state index in [1.807, 2.05) is 13.8 Å². The number of rotatable bonds is 5. The van der Waals surface area contributed by atoms with Crippen LogP contribution in [0.2, 0.25) is 0 Å². The molecule has 2 aromatic rings. The number of fused-ring (bicyclic) bond motifs is 2. The molecule has 3 rings (SSSR count). The smallest absolute Gasteiger partial charge is 0.287 e. The van der Waals surface area contributed by atoms with E-state index in [1.54, 1.807) is 23.1 Å². The van der Waals surface area contributed by atoms with Gasteiger partial charge in [-0.2, -0.15) is 5.10 Å². The lowest BCUT2D eigenvalue weighted by atomic mass is 10.2. The number of benzene rings is 1. The molecule has 8 nitrogen and oxygen atoms in total. The van der Waals surface area contributed by atoms with E-state index < -0.39 is 15.4 Å². The zero-order chi connectivity index (χ0) is 18.2. The van der Waals surface area contributed by atoms with Crippen molar-refractivity contribution < 1.29 is 8.42 Å². The van der Waals surface area contributed by atoms with Crippen LogP contribution in [0.4, 0.5) is 11.4 Å². The Morgan fingerprint density at radius 1 is 1.16 bits per heavy atom. The monoisotopic (exact) mass is 363 g/mol. The maximum absolute atomic E-state index is 12.8. The SMILES string of the molecule is CCN(CC)CCN1c2ccccc2S(=O)(=O)c2cnn([O-])c(=O)c21. The van der Waals surface area contributed by atoms with Crippen LogP contribution in [0.3, 0.4) is 0 Å². The van der Waals surface area contributed by atoms with Crippen molar-refractivity contribution >= 4 is 21.2 Å². The summed E-state index contributed by atoms with van der Waals surface area (Å²) in [5.74, 6) is 0. The highest BCUT2D eigenvalue weighted by molar-refractivity contribution is 7.92. The van der Waals surface area contributed by atoms with Crippen molar-refractivity contribution in [2.45, 2.75) is 23.6 Å². The highest BCUT2D eigenvalue weighted by Gasteiger charge is 2.36. The molecular formula is C16H19N4O4S-. The topological polar surface area (TPSA) is 98.6 Å². The van der Waals surface area contributed by atoms with Gasteiger partial charge < -0.3 is 15.0 Å². The summed E-state index contributed by atoms with van der Waals surface area (Å²) in [6.07, 6.45) is 0.958. The van der Waals surface area contributed by atoms with E-state index in [-0.39, 0.29) is 20.3 Å². The number of sulfone groups is 1. The van der Waals surface area contributed by atoms with Gasteiger partial charge in [-0.25, -0.2) is 8.42 Å².